The second-order valence-corrected chi connectivity index (χ2v) is 6.78. The van der Waals surface area contributed by atoms with Gasteiger partial charge >= 0.3 is 6.36 Å². The zero-order valence-corrected chi connectivity index (χ0v) is 15.5. The van der Waals surface area contributed by atoms with Crippen molar-refractivity contribution < 1.29 is 32.3 Å². The van der Waals surface area contributed by atoms with E-state index in [9.17, 15) is 27.6 Å². The molecule has 1 N–H and O–H groups in total. The van der Waals surface area contributed by atoms with Crippen molar-refractivity contribution in [2.75, 3.05) is 5.32 Å². The van der Waals surface area contributed by atoms with Crippen LogP contribution in [0.15, 0.2) is 48.5 Å². The topological polar surface area (TPSA) is 75.7 Å². The van der Waals surface area contributed by atoms with E-state index in [4.69, 9.17) is 0 Å². The number of hydrogen-bond donors (Lipinski definition) is 1. The van der Waals surface area contributed by atoms with Crippen molar-refractivity contribution in [2.45, 2.75) is 26.3 Å². The summed E-state index contributed by atoms with van der Waals surface area (Å²) in [4.78, 5) is 39.1. The molecule has 9 heteroatoms. The van der Waals surface area contributed by atoms with Crippen molar-refractivity contribution >= 4 is 23.4 Å². The predicted molar refractivity (Wildman–Crippen MR) is 97.3 cm³/mol. The average Bonchev–Trinajstić information content (AvgIpc) is 2.88. The lowest BCUT2D eigenvalue weighted by Gasteiger charge is -2.28. The molecule has 0 saturated heterocycles. The first-order valence-electron chi connectivity index (χ1n) is 8.72. The summed E-state index contributed by atoms with van der Waals surface area (Å²) in [5.74, 6) is -2.58. The number of hydrogen-bond acceptors (Lipinski definition) is 4. The van der Waals surface area contributed by atoms with Crippen molar-refractivity contribution in [3.05, 3.63) is 59.7 Å². The van der Waals surface area contributed by atoms with E-state index in [1.54, 1.807) is 26.0 Å². The molecule has 3 amide bonds. The Morgan fingerprint density at radius 3 is 1.93 bits per heavy atom. The summed E-state index contributed by atoms with van der Waals surface area (Å²) in [6.07, 6.45) is -4.82. The Hall–Kier alpha value is -3.36. The summed E-state index contributed by atoms with van der Waals surface area (Å²) in [5.41, 5.74) is 0.654. The molecule has 0 saturated carbocycles. The molecule has 152 valence electrons. The van der Waals surface area contributed by atoms with E-state index in [2.05, 4.69) is 10.1 Å². The number of nitrogens with zero attached hydrogens (tertiary/aromatic N) is 1. The highest BCUT2D eigenvalue weighted by molar-refractivity contribution is 6.23. The molecule has 0 unspecified atom stereocenters. The number of nitrogens with one attached hydrogen (secondary N) is 1. The lowest BCUT2D eigenvalue weighted by molar-refractivity contribution is -0.274. The minimum Gasteiger partial charge on any atom is -0.406 e. The normalized spacial score (nSPS) is 14.8. The first-order chi connectivity index (χ1) is 13.6. The van der Waals surface area contributed by atoms with Crippen LogP contribution in [0.5, 0.6) is 5.75 Å². The largest absolute Gasteiger partial charge is 0.573 e. The van der Waals surface area contributed by atoms with Crippen LogP contribution < -0.4 is 10.1 Å². The van der Waals surface area contributed by atoms with Crippen LogP contribution in [0, 0.1) is 5.92 Å². The van der Waals surface area contributed by atoms with Crippen LogP contribution in [0.3, 0.4) is 0 Å². The molecule has 2 aromatic carbocycles. The number of halogens is 3. The number of carbonyl (C=O) groups is 3. The number of amides is 3. The quantitative estimate of drug-likeness (QED) is 0.766. The van der Waals surface area contributed by atoms with E-state index in [1.165, 1.54) is 24.3 Å². The van der Waals surface area contributed by atoms with Gasteiger partial charge in [-0.2, -0.15) is 0 Å². The van der Waals surface area contributed by atoms with Gasteiger partial charge in [0.25, 0.3) is 11.8 Å². The summed E-state index contributed by atoms with van der Waals surface area (Å²) in [5, 5.41) is 2.54. The average molecular weight is 406 g/mol. The highest BCUT2D eigenvalue weighted by atomic mass is 19.4. The molecule has 0 radical (unpaired) electrons. The van der Waals surface area contributed by atoms with E-state index in [0.29, 0.717) is 0 Å². The summed E-state index contributed by atoms with van der Waals surface area (Å²) in [7, 11) is 0. The summed E-state index contributed by atoms with van der Waals surface area (Å²) in [6, 6.07) is 9.77. The first-order valence-corrected chi connectivity index (χ1v) is 8.72. The SMILES string of the molecule is CC(C)[C@@H](C(=O)Nc1ccc(OC(F)(F)F)cc1)N1C(=O)c2ccccc2C1=O. The molecule has 0 spiro atoms. The second kappa shape index (κ2) is 7.57. The van der Waals surface area contributed by atoms with Gasteiger partial charge in [-0.3, -0.25) is 19.3 Å². The molecular weight excluding hydrogens is 389 g/mol. The second-order valence-electron chi connectivity index (χ2n) is 6.78. The van der Waals surface area contributed by atoms with Gasteiger partial charge in [0.2, 0.25) is 5.91 Å². The Kier molecular flexibility index (Phi) is 5.32. The first kappa shape index (κ1) is 20.4. The van der Waals surface area contributed by atoms with E-state index >= 15 is 0 Å². The highest BCUT2D eigenvalue weighted by Crippen LogP contribution is 2.28. The number of alkyl halides is 3. The van der Waals surface area contributed by atoms with Crippen LogP contribution in [0.1, 0.15) is 34.6 Å². The van der Waals surface area contributed by atoms with Gasteiger partial charge in [0.05, 0.1) is 11.1 Å². The van der Waals surface area contributed by atoms with Gasteiger partial charge in [0, 0.05) is 5.69 Å². The van der Waals surface area contributed by atoms with Crippen LogP contribution in [0.2, 0.25) is 0 Å². The molecule has 0 bridgehead atoms. The van der Waals surface area contributed by atoms with E-state index < -0.39 is 41.8 Å². The number of fused-ring (bicyclic) bond motifs is 1. The number of carbonyl (C=O) groups excluding carboxylic acids is 3. The Morgan fingerprint density at radius 2 is 1.48 bits per heavy atom. The van der Waals surface area contributed by atoms with E-state index in [0.717, 1.165) is 17.0 Å². The maximum absolute atomic E-state index is 12.8. The molecule has 6 nitrogen and oxygen atoms in total. The van der Waals surface area contributed by atoms with Crippen molar-refractivity contribution in [3.8, 4) is 5.75 Å². The molecule has 2 aromatic rings. The minimum atomic E-state index is -4.82. The number of benzene rings is 2. The fourth-order valence-electron chi connectivity index (χ4n) is 3.13. The van der Waals surface area contributed by atoms with Gasteiger partial charge in [0.1, 0.15) is 11.8 Å². The van der Waals surface area contributed by atoms with Crippen molar-refractivity contribution in [1.82, 2.24) is 4.90 Å². The monoisotopic (exact) mass is 406 g/mol. The van der Waals surface area contributed by atoms with Gasteiger partial charge in [0.15, 0.2) is 0 Å². The Bertz CT molecular complexity index is 920. The number of imide groups is 1. The van der Waals surface area contributed by atoms with Crippen molar-refractivity contribution in [1.29, 1.82) is 0 Å². The molecule has 1 aliphatic heterocycles. The molecule has 3 rings (SSSR count). The molecule has 1 aliphatic rings. The van der Waals surface area contributed by atoms with E-state index in [1.807, 2.05) is 0 Å². The van der Waals surface area contributed by atoms with Crippen molar-refractivity contribution in [2.24, 2.45) is 5.92 Å². The van der Waals surface area contributed by atoms with Crippen molar-refractivity contribution in [3.63, 3.8) is 0 Å². The zero-order chi connectivity index (χ0) is 21.3. The lowest BCUT2D eigenvalue weighted by Crippen LogP contribution is -2.50. The van der Waals surface area contributed by atoms with Gasteiger partial charge in [-0.25, -0.2) is 0 Å². The smallest absolute Gasteiger partial charge is 0.406 e. The fraction of sp³-hybridized carbons (Fsp3) is 0.250. The van der Waals surface area contributed by atoms with Gasteiger partial charge in [-0.1, -0.05) is 26.0 Å². The van der Waals surface area contributed by atoms with Crippen LogP contribution in [0.4, 0.5) is 18.9 Å². The van der Waals surface area contributed by atoms with Crippen LogP contribution in [0.25, 0.3) is 0 Å². The third-order valence-corrected chi connectivity index (χ3v) is 4.36. The summed E-state index contributed by atoms with van der Waals surface area (Å²) in [6.45, 7) is 3.38. The molecule has 1 heterocycles. The van der Waals surface area contributed by atoms with Crippen LogP contribution in [-0.2, 0) is 4.79 Å². The Morgan fingerprint density at radius 1 is 0.966 bits per heavy atom. The fourth-order valence-corrected chi connectivity index (χ4v) is 3.13. The van der Waals surface area contributed by atoms with Crippen LogP contribution in [-0.4, -0.2) is 35.0 Å². The summed E-state index contributed by atoms with van der Waals surface area (Å²) < 4.78 is 40.5. The van der Waals surface area contributed by atoms with Gasteiger partial charge in [-0.15, -0.1) is 13.2 Å². The van der Waals surface area contributed by atoms with Gasteiger partial charge < -0.3 is 10.1 Å². The lowest BCUT2D eigenvalue weighted by atomic mass is 10.0. The highest BCUT2D eigenvalue weighted by Gasteiger charge is 2.43. The zero-order valence-electron chi connectivity index (χ0n) is 15.5. The standard InChI is InChI=1S/C20H17F3N2O4/c1-11(2)16(25-18(27)14-5-3-4-6-15(14)19(25)28)17(26)24-12-7-9-13(10-8-12)29-20(21,22)23/h3-11,16H,1-2H3,(H,24,26)/t16-/m0/s1. The molecule has 0 aromatic heterocycles. The third-order valence-electron chi connectivity index (χ3n) is 4.36. The summed E-state index contributed by atoms with van der Waals surface area (Å²) >= 11 is 0. The molecule has 0 fully saturated rings. The van der Waals surface area contributed by atoms with Gasteiger partial charge in [-0.05, 0) is 42.3 Å². The molecular formula is C20H17F3N2O4. The Labute approximate surface area is 164 Å². The molecule has 1 atom stereocenters. The van der Waals surface area contributed by atoms with Crippen LogP contribution >= 0.6 is 0 Å². The number of rotatable bonds is 5. The number of anilines is 1. The predicted octanol–water partition coefficient (Wildman–Crippen LogP) is 3.84. The Balaban J connectivity index is 1.79. The number of ether oxygens (including phenoxy) is 1. The minimum absolute atomic E-state index is 0.201. The molecule has 0 aliphatic carbocycles. The molecule has 29 heavy (non-hydrogen) atoms. The maximum Gasteiger partial charge on any atom is 0.573 e. The van der Waals surface area contributed by atoms with E-state index in [-0.39, 0.29) is 16.8 Å². The third kappa shape index (κ3) is 4.23. The maximum atomic E-state index is 12.8.